The molecule has 1 fully saturated rings. The molecule has 0 spiro atoms. The molecule has 3 rings (SSSR count). The van der Waals surface area contributed by atoms with Crippen molar-refractivity contribution < 1.29 is 4.74 Å². The first-order valence-electron chi connectivity index (χ1n) is 10.6. The molecule has 2 aliphatic carbocycles. The fourth-order valence-corrected chi connectivity index (χ4v) is 4.73. The fraction of sp³-hybridized carbons (Fsp3) is 0.905. The van der Waals surface area contributed by atoms with Crippen LogP contribution in [0, 0.1) is 17.8 Å². The zero-order valence-corrected chi connectivity index (χ0v) is 16.8. The van der Waals surface area contributed by atoms with Crippen LogP contribution in [-0.2, 0) is 24.6 Å². The van der Waals surface area contributed by atoms with Gasteiger partial charge < -0.3 is 4.74 Å². The van der Waals surface area contributed by atoms with Crippen LogP contribution in [0.3, 0.4) is 0 Å². The topological polar surface area (TPSA) is 39.9 Å². The summed E-state index contributed by atoms with van der Waals surface area (Å²) < 4.78 is 8.49. The van der Waals surface area contributed by atoms with Crippen molar-refractivity contribution in [2.45, 2.75) is 90.6 Å². The molecule has 0 amide bonds. The van der Waals surface area contributed by atoms with E-state index < -0.39 is 0 Å². The molecule has 0 bridgehead atoms. The van der Waals surface area contributed by atoms with Crippen LogP contribution in [0.1, 0.15) is 83.5 Å². The third kappa shape index (κ3) is 4.45. The molecule has 1 heterocycles. The van der Waals surface area contributed by atoms with E-state index in [2.05, 4.69) is 31.1 Å². The fourth-order valence-electron chi connectivity index (χ4n) is 4.73. The predicted octanol–water partition coefficient (Wildman–Crippen LogP) is 4.71. The van der Waals surface area contributed by atoms with E-state index in [0.717, 1.165) is 43.6 Å². The lowest BCUT2D eigenvalue weighted by atomic mass is 9.95. The molecule has 4 nitrogen and oxygen atoms in total. The highest BCUT2D eigenvalue weighted by Gasteiger charge is 2.50. The van der Waals surface area contributed by atoms with Crippen LogP contribution in [0.5, 0.6) is 0 Å². The number of rotatable bonds is 9. The summed E-state index contributed by atoms with van der Waals surface area (Å²) in [4.78, 5) is 0. The van der Waals surface area contributed by atoms with E-state index in [1.165, 1.54) is 56.3 Å². The second-order valence-corrected chi connectivity index (χ2v) is 8.60. The lowest BCUT2D eigenvalue weighted by Gasteiger charge is -2.29. The van der Waals surface area contributed by atoms with Crippen LogP contribution in [-0.4, -0.2) is 27.2 Å². The second-order valence-electron chi connectivity index (χ2n) is 8.60. The Labute approximate surface area is 153 Å². The summed E-state index contributed by atoms with van der Waals surface area (Å²) in [6, 6.07) is 0. The number of ether oxygens (including phenoxy) is 1. The minimum Gasteiger partial charge on any atom is -0.375 e. The standard InChI is InChI=1S/C21H37N3O/c1-5-7-8-9-14-21(3,6-2)25-15-18-16-10-12-19-20(13-11-17(16)18)24(4)23-22-19/h16-18H,5-15H2,1-4H3/t16-,17+,18-,21?/m0/s1. The van der Waals surface area contributed by atoms with E-state index in [9.17, 15) is 0 Å². The molecule has 1 unspecified atom stereocenters. The van der Waals surface area contributed by atoms with Gasteiger partial charge in [0.05, 0.1) is 23.6 Å². The second kappa shape index (κ2) is 8.20. The van der Waals surface area contributed by atoms with E-state index in [1.54, 1.807) is 0 Å². The molecular weight excluding hydrogens is 310 g/mol. The number of aromatic nitrogens is 3. The summed E-state index contributed by atoms with van der Waals surface area (Å²) in [5.41, 5.74) is 2.68. The maximum Gasteiger partial charge on any atom is 0.0859 e. The van der Waals surface area contributed by atoms with Gasteiger partial charge in [-0.1, -0.05) is 44.7 Å². The van der Waals surface area contributed by atoms with Crippen LogP contribution >= 0.6 is 0 Å². The molecule has 1 saturated carbocycles. The van der Waals surface area contributed by atoms with Gasteiger partial charge in [-0.15, -0.1) is 5.10 Å². The van der Waals surface area contributed by atoms with Gasteiger partial charge in [0.1, 0.15) is 0 Å². The number of aryl methyl sites for hydroxylation is 2. The molecule has 1 aromatic heterocycles. The Kier molecular flexibility index (Phi) is 6.19. The molecule has 142 valence electrons. The van der Waals surface area contributed by atoms with E-state index in [-0.39, 0.29) is 5.60 Å². The molecule has 4 heteroatoms. The minimum atomic E-state index is 0.0834. The maximum absolute atomic E-state index is 6.51. The Bertz CT molecular complexity index is 555. The molecule has 1 aromatic rings. The van der Waals surface area contributed by atoms with E-state index in [4.69, 9.17) is 4.74 Å². The number of hydrogen-bond donors (Lipinski definition) is 0. The predicted molar refractivity (Wildman–Crippen MR) is 102 cm³/mol. The van der Waals surface area contributed by atoms with Crippen molar-refractivity contribution in [3.8, 4) is 0 Å². The van der Waals surface area contributed by atoms with E-state index in [1.807, 2.05) is 11.7 Å². The molecular formula is C21H37N3O. The molecule has 0 aromatic carbocycles. The molecule has 0 radical (unpaired) electrons. The normalized spacial score (nSPS) is 27.8. The third-order valence-corrected chi connectivity index (χ3v) is 6.89. The van der Waals surface area contributed by atoms with Gasteiger partial charge in [0.25, 0.3) is 0 Å². The number of nitrogens with zero attached hydrogens (tertiary/aromatic N) is 3. The average Bonchev–Trinajstić information content (AvgIpc) is 3.14. The number of unbranched alkanes of at least 4 members (excludes halogenated alkanes) is 3. The quantitative estimate of drug-likeness (QED) is 0.607. The van der Waals surface area contributed by atoms with E-state index in [0.29, 0.717) is 0 Å². The van der Waals surface area contributed by atoms with Crippen LogP contribution in [0.15, 0.2) is 0 Å². The first-order chi connectivity index (χ1) is 12.1. The number of hydrogen-bond acceptors (Lipinski definition) is 3. The summed E-state index contributed by atoms with van der Waals surface area (Å²) in [6.07, 6.45) is 12.5. The van der Waals surface area contributed by atoms with Gasteiger partial charge in [-0.05, 0) is 63.2 Å². The van der Waals surface area contributed by atoms with Crippen LogP contribution in [0.4, 0.5) is 0 Å². The lowest BCUT2D eigenvalue weighted by molar-refractivity contribution is -0.0496. The summed E-state index contributed by atoms with van der Waals surface area (Å²) in [5.74, 6) is 2.50. The van der Waals surface area contributed by atoms with Crippen molar-refractivity contribution in [2.24, 2.45) is 24.8 Å². The number of fused-ring (bicyclic) bond motifs is 2. The van der Waals surface area contributed by atoms with Crippen LogP contribution in [0.25, 0.3) is 0 Å². The van der Waals surface area contributed by atoms with Gasteiger partial charge in [-0.3, -0.25) is 4.68 Å². The molecule has 4 atom stereocenters. The van der Waals surface area contributed by atoms with Crippen molar-refractivity contribution in [1.82, 2.24) is 15.0 Å². The van der Waals surface area contributed by atoms with Gasteiger partial charge in [0, 0.05) is 7.05 Å². The van der Waals surface area contributed by atoms with Gasteiger partial charge in [0.15, 0.2) is 0 Å². The van der Waals surface area contributed by atoms with Crippen LogP contribution < -0.4 is 0 Å². The van der Waals surface area contributed by atoms with Crippen molar-refractivity contribution >= 4 is 0 Å². The summed E-state index contributed by atoms with van der Waals surface area (Å²) in [6.45, 7) is 7.86. The largest absolute Gasteiger partial charge is 0.375 e. The average molecular weight is 348 g/mol. The lowest BCUT2D eigenvalue weighted by Crippen LogP contribution is -2.29. The van der Waals surface area contributed by atoms with Crippen molar-refractivity contribution in [1.29, 1.82) is 0 Å². The summed E-state index contributed by atoms with van der Waals surface area (Å²) >= 11 is 0. The van der Waals surface area contributed by atoms with Gasteiger partial charge in [-0.25, -0.2) is 0 Å². The molecule has 0 N–H and O–H groups in total. The van der Waals surface area contributed by atoms with Crippen molar-refractivity contribution in [3.63, 3.8) is 0 Å². The SMILES string of the molecule is CCCCCCC(C)(CC)OC[C@@H]1[C@@H]2CCc3c(nnn3C)CC[C@@H]21. The first-order valence-corrected chi connectivity index (χ1v) is 10.6. The Morgan fingerprint density at radius 1 is 1.12 bits per heavy atom. The van der Waals surface area contributed by atoms with E-state index >= 15 is 0 Å². The van der Waals surface area contributed by atoms with Gasteiger partial charge in [0.2, 0.25) is 0 Å². The highest BCUT2D eigenvalue weighted by atomic mass is 16.5. The smallest absolute Gasteiger partial charge is 0.0859 e. The Hall–Kier alpha value is -0.900. The van der Waals surface area contributed by atoms with Gasteiger partial charge >= 0.3 is 0 Å². The van der Waals surface area contributed by atoms with Crippen LogP contribution in [0.2, 0.25) is 0 Å². The Morgan fingerprint density at radius 2 is 1.88 bits per heavy atom. The minimum absolute atomic E-state index is 0.0834. The third-order valence-electron chi connectivity index (χ3n) is 6.89. The molecule has 0 aliphatic heterocycles. The van der Waals surface area contributed by atoms with Crippen molar-refractivity contribution in [2.75, 3.05) is 6.61 Å². The zero-order chi connectivity index (χ0) is 17.9. The highest BCUT2D eigenvalue weighted by Crippen LogP contribution is 2.53. The van der Waals surface area contributed by atoms with Crippen molar-refractivity contribution in [3.05, 3.63) is 11.4 Å². The first kappa shape index (κ1) is 18.9. The summed E-state index contributed by atoms with van der Waals surface area (Å²) in [5, 5.41) is 8.57. The monoisotopic (exact) mass is 347 g/mol. The maximum atomic E-state index is 6.51. The zero-order valence-electron chi connectivity index (χ0n) is 16.8. The molecule has 0 saturated heterocycles. The summed E-state index contributed by atoms with van der Waals surface area (Å²) in [7, 11) is 2.03. The highest BCUT2D eigenvalue weighted by molar-refractivity contribution is 5.14. The van der Waals surface area contributed by atoms with Gasteiger partial charge in [-0.2, -0.15) is 0 Å². The molecule has 2 aliphatic rings. The Morgan fingerprint density at radius 3 is 2.60 bits per heavy atom. The Balaban J connectivity index is 1.47. The molecule has 25 heavy (non-hydrogen) atoms.